The molecular weight excluding hydrogens is 368 g/mol. The average molecular weight is 379 g/mol. The second-order valence-corrected chi connectivity index (χ2v) is 5.36. The van der Waals surface area contributed by atoms with Crippen molar-refractivity contribution in [3.8, 4) is 5.75 Å². The third-order valence-corrected chi connectivity index (χ3v) is 3.51. The monoisotopic (exact) mass is 378 g/mol. The minimum Gasteiger partial charge on any atom is -0.488 e. The van der Waals surface area contributed by atoms with Crippen LogP contribution in [0.3, 0.4) is 0 Å². The smallest absolute Gasteiger partial charge is 0.269 e. The molecule has 0 saturated carbocycles. The van der Waals surface area contributed by atoms with Crippen LogP contribution in [0.1, 0.15) is 11.1 Å². The number of rotatable bonds is 6. The summed E-state index contributed by atoms with van der Waals surface area (Å²) in [5.74, 6) is 0.571. The molecule has 0 radical (unpaired) electrons. The van der Waals surface area contributed by atoms with Gasteiger partial charge in [0.1, 0.15) is 12.4 Å². The normalized spacial score (nSPS) is 10.7. The van der Waals surface area contributed by atoms with E-state index in [4.69, 9.17) is 4.74 Å². The summed E-state index contributed by atoms with van der Waals surface area (Å²) in [4.78, 5) is 19.9. The Kier molecular flexibility index (Phi) is 5.42. The summed E-state index contributed by atoms with van der Waals surface area (Å²) < 4.78 is 6.29. The fraction of sp³-hybridized carbons (Fsp3) is 0.0667. The van der Waals surface area contributed by atoms with Crippen LogP contribution < -0.4 is 4.74 Å². The summed E-state index contributed by atoms with van der Waals surface area (Å²) in [6, 6.07) is 11.2. The summed E-state index contributed by atoms with van der Waals surface area (Å²) >= 11 is 3.34. The highest BCUT2D eigenvalue weighted by Crippen LogP contribution is 2.27. The van der Waals surface area contributed by atoms with E-state index in [-0.39, 0.29) is 12.3 Å². The van der Waals surface area contributed by atoms with Gasteiger partial charge in [0.2, 0.25) is 6.20 Å². The summed E-state index contributed by atoms with van der Waals surface area (Å²) in [6.07, 6.45) is 2.24. The first kappa shape index (κ1) is 16.6. The van der Waals surface area contributed by atoms with E-state index < -0.39 is 9.85 Å². The van der Waals surface area contributed by atoms with Gasteiger partial charge in [0.05, 0.1) is 14.3 Å². The molecule has 7 nitrogen and oxygen atoms in total. The second-order valence-electron chi connectivity index (χ2n) is 4.50. The van der Waals surface area contributed by atoms with Crippen molar-refractivity contribution in [3.63, 3.8) is 0 Å². The van der Waals surface area contributed by atoms with Crippen LogP contribution >= 0.6 is 15.9 Å². The van der Waals surface area contributed by atoms with Crippen LogP contribution in [0.25, 0.3) is 6.08 Å². The number of halogens is 1. The summed E-state index contributed by atoms with van der Waals surface area (Å²) in [6.45, 7) is 0.251. The Bertz CT molecular complexity index is 759. The number of benzene rings is 2. The first-order valence-corrected chi connectivity index (χ1v) is 7.22. The van der Waals surface area contributed by atoms with Crippen LogP contribution in [-0.4, -0.2) is 9.85 Å². The van der Waals surface area contributed by atoms with Crippen molar-refractivity contribution in [1.82, 2.24) is 0 Å². The van der Waals surface area contributed by atoms with E-state index in [0.717, 1.165) is 11.8 Å². The maximum Gasteiger partial charge on any atom is 0.269 e. The van der Waals surface area contributed by atoms with Gasteiger partial charge in [-0.05, 0) is 51.3 Å². The first-order chi connectivity index (χ1) is 11.0. The highest BCUT2D eigenvalue weighted by Gasteiger charge is 2.06. The molecule has 0 heterocycles. The lowest BCUT2D eigenvalue weighted by Gasteiger charge is -2.08. The molecule has 0 aliphatic heterocycles. The molecule has 0 unspecified atom stereocenters. The summed E-state index contributed by atoms with van der Waals surface area (Å²) in [5.41, 5.74) is 1.48. The maximum absolute atomic E-state index is 10.6. The molecule has 2 aromatic rings. The molecule has 23 heavy (non-hydrogen) atoms. The van der Waals surface area contributed by atoms with Crippen LogP contribution in [0.2, 0.25) is 0 Å². The molecule has 0 fully saturated rings. The number of ether oxygens (including phenoxy) is 1. The van der Waals surface area contributed by atoms with Crippen molar-refractivity contribution >= 4 is 27.7 Å². The molecule has 0 spiro atoms. The zero-order valence-corrected chi connectivity index (χ0v) is 13.3. The van der Waals surface area contributed by atoms with Gasteiger partial charge in [-0.15, -0.1) is 0 Å². The Hall–Kier alpha value is -2.74. The van der Waals surface area contributed by atoms with Crippen LogP contribution in [0.15, 0.2) is 53.1 Å². The van der Waals surface area contributed by atoms with Crippen LogP contribution in [-0.2, 0) is 6.61 Å². The lowest BCUT2D eigenvalue weighted by Crippen LogP contribution is -1.97. The molecule has 0 N–H and O–H groups in total. The minimum absolute atomic E-state index is 0.0249. The van der Waals surface area contributed by atoms with Gasteiger partial charge in [-0.3, -0.25) is 20.2 Å². The van der Waals surface area contributed by atoms with E-state index in [9.17, 15) is 20.2 Å². The topological polar surface area (TPSA) is 95.5 Å². The quantitative estimate of drug-likeness (QED) is 0.554. The van der Waals surface area contributed by atoms with E-state index in [1.807, 2.05) is 0 Å². The molecule has 0 atom stereocenters. The Labute approximate surface area is 139 Å². The maximum atomic E-state index is 10.6. The number of nitro benzene ring substituents is 1. The predicted molar refractivity (Wildman–Crippen MR) is 87.6 cm³/mol. The van der Waals surface area contributed by atoms with Crippen LogP contribution in [0, 0.1) is 20.2 Å². The largest absolute Gasteiger partial charge is 0.488 e. The van der Waals surface area contributed by atoms with Crippen molar-refractivity contribution in [1.29, 1.82) is 0 Å². The molecule has 0 aliphatic rings. The van der Waals surface area contributed by atoms with E-state index in [1.54, 1.807) is 30.3 Å². The molecule has 0 amide bonds. The zero-order chi connectivity index (χ0) is 16.8. The fourth-order valence-corrected chi connectivity index (χ4v) is 2.27. The summed E-state index contributed by atoms with van der Waals surface area (Å²) in [7, 11) is 0. The van der Waals surface area contributed by atoms with Gasteiger partial charge in [-0.1, -0.05) is 6.07 Å². The number of hydrogen-bond acceptors (Lipinski definition) is 5. The standard InChI is InChI=1S/C15H11BrN2O5/c16-14-9-11(7-8-17(19)20)3-6-15(14)23-10-12-1-4-13(5-2-12)18(21)22/h1-9H,10H2/b8-7-. The Morgan fingerprint density at radius 3 is 2.35 bits per heavy atom. The molecule has 0 aliphatic carbocycles. The Balaban J connectivity index is 2.03. The van der Waals surface area contributed by atoms with Gasteiger partial charge >= 0.3 is 0 Å². The summed E-state index contributed by atoms with van der Waals surface area (Å²) in [5, 5.41) is 20.9. The highest BCUT2D eigenvalue weighted by atomic mass is 79.9. The third-order valence-electron chi connectivity index (χ3n) is 2.89. The zero-order valence-electron chi connectivity index (χ0n) is 11.7. The lowest BCUT2D eigenvalue weighted by atomic mass is 10.2. The Morgan fingerprint density at radius 1 is 1.09 bits per heavy atom. The lowest BCUT2D eigenvalue weighted by molar-refractivity contribution is -0.400. The van der Waals surface area contributed by atoms with Gasteiger partial charge < -0.3 is 4.74 Å². The number of non-ortho nitro benzene ring substituents is 1. The van der Waals surface area contributed by atoms with E-state index in [1.165, 1.54) is 18.2 Å². The molecule has 2 aromatic carbocycles. The Morgan fingerprint density at radius 2 is 1.78 bits per heavy atom. The van der Waals surface area contributed by atoms with Crippen molar-refractivity contribution in [3.05, 3.63) is 84.5 Å². The van der Waals surface area contributed by atoms with Crippen molar-refractivity contribution < 1.29 is 14.6 Å². The highest BCUT2D eigenvalue weighted by molar-refractivity contribution is 9.10. The van der Waals surface area contributed by atoms with Gasteiger partial charge in [0.25, 0.3) is 5.69 Å². The van der Waals surface area contributed by atoms with Crippen LogP contribution in [0.4, 0.5) is 5.69 Å². The SMILES string of the molecule is O=[N+]([O-])/C=C\c1ccc(OCc2ccc([N+](=O)[O-])cc2)c(Br)c1. The molecule has 0 aromatic heterocycles. The minimum atomic E-state index is -0.535. The van der Waals surface area contributed by atoms with Gasteiger partial charge in [-0.2, -0.15) is 0 Å². The van der Waals surface area contributed by atoms with Crippen LogP contribution in [0.5, 0.6) is 5.75 Å². The number of nitro groups is 2. The van der Waals surface area contributed by atoms with Crippen molar-refractivity contribution in [2.24, 2.45) is 0 Å². The molecule has 118 valence electrons. The van der Waals surface area contributed by atoms with E-state index in [2.05, 4.69) is 15.9 Å². The number of hydrogen-bond donors (Lipinski definition) is 0. The van der Waals surface area contributed by atoms with E-state index in [0.29, 0.717) is 15.8 Å². The molecule has 8 heteroatoms. The van der Waals surface area contributed by atoms with Gasteiger partial charge in [0, 0.05) is 18.2 Å². The van der Waals surface area contributed by atoms with Gasteiger partial charge in [-0.25, -0.2) is 0 Å². The predicted octanol–water partition coefficient (Wildman–Crippen LogP) is 4.18. The van der Waals surface area contributed by atoms with E-state index >= 15 is 0 Å². The van der Waals surface area contributed by atoms with Gasteiger partial charge in [0.15, 0.2) is 0 Å². The second kappa shape index (κ2) is 7.50. The molecule has 0 saturated heterocycles. The molecule has 0 bridgehead atoms. The fourth-order valence-electron chi connectivity index (χ4n) is 1.76. The third kappa shape index (κ3) is 4.89. The average Bonchev–Trinajstić information content (AvgIpc) is 2.52. The molecular formula is C15H11BrN2O5. The van der Waals surface area contributed by atoms with Crippen molar-refractivity contribution in [2.75, 3.05) is 0 Å². The molecule has 2 rings (SSSR count). The van der Waals surface area contributed by atoms with Crippen molar-refractivity contribution in [2.45, 2.75) is 6.61 Å². The number of nitrogens with zero attached hydrogens (tertiary/aromatic N) is 2. The first-order valence-electron chi connectivity index (χ1n) is 6.43.